The van der Waals surface area contributed by atoms with Gasteiger partial charge in [0, 0.05) is 26.3 Å². The molecule has 2 fully saturated rings. The molecule has 23 heavy (non-hydrogen) atoms. The molecule has 1 aromatic rings. The second kappa shape index (κ2) is 6.70. The van der Waals surface area contributed by atoms with Crippen molar-refractivity contribution in [2.75, 3.05) is 39.0 Å². The van der Waals surface area contributed by atoms with Gasteiger partial charge in [-0.05, 0) is 68.3 Å². The molecule has 1 saturated heterocycles. The van der Waals surface area contributed by atoms with Gasteiger partial charge in [0.1, 0.15) is 0 Å². The Morgan fingerprint density at radius 1 is 1.39 bits per heavy atom. The maximum Gasteiger partial charge on any atom is 0.254 e. The fourth-order valence-electron chi connectivity index (χ4n) is 3.81. The van der Waals surface area contributed by atoms with E-state index < -0.39 is 0 Å². The molecule has 1 saturated carbocycles. The summed E-state index contributed by atoms with van der Waals surface area (Å²) in [7, 11) is 3.47. The SMILES string of the molecule is CN(C)C(=O)c1ccc(NCCC2CC23CCNCC3)cc1Cl. The standard InChI is InChI=1S/C18H26ClN3O/c1-22(2)17(23)15-4-3-14(11-16(15)19)21-8-5-13-12-18(13)6-9-20-10-7-18/h3-4,11,13,20-21H,5-10,12H2,1-2H3. The number of hydrogen-bond donors (Lipinski definition) is 2. The lowest BCUT2D eigenvalue weighted by atomic mass is 9.91. The topological polar surface area (TPSA) is 44.4 Å². The maximum atomic E-state index is 12.0. The van der Waals surface area contributed by atoms with Crippen molar-refractivity contribution >= 4 is 23.2 Å². The number of hydrogen-bond acceptors (Lipinski definition) is 3. The first-order valence-corrected chi connectivity index (χ1v) is 8.85. The Morgan fingerprint density at radius 2 is 2.13 bits per heavy atom. The average Bonchev–Trinajstić information content (AvgIpc) is 3.19. The number of carbonyl (C=O) groups is 1. The van der Waals surface area contributed by atoms with E-state index in [1.54, 1.807) is 25.1 Å². The summed E-state index contributed by atoms with van der Waals surface area (Å²) < 4.78 is 0. The Balaban J connectivity index is 1.49. The highest BCUT2D eigenvalue weighted by Gasteiger charge is 2.52. The lowest BCUT2D eigenvalue weighted by molar-refractivity contribution is 0.0828. The molecular weight excluding hydrogens is 310 g/mol. The number of anilines is 1. The highest BCUT2D eigenvalue weighted by molar-refractivity contribution is 6.34. The molecular formula is C18H26ClN3O. The van der Waals surface area contributed by atoms with Crippen molar-refractivity contribution in [3.63, 3.8) is 0 Å². The minimum Gasteiger partial charge on any atom is -0.385 e. The normalized spacial score (nSPS) is 22.0. The average molecular weight is 336 g/mol. The van der Waals surface area contributed by atoms with Crippen molar-refractivity contribution < 1.29 is 4.79 Å². The number of benzene rings is 1. The molecule has 1 spiro atoms. The van der Waals surface area contributed by atoms with Crippen LogP contribution in [0, 0.1) is 11.3 Å². The Bertz CT molecular complexity index is 582. The van der Waals surface area contributed by atoms with Crippen LogP contribution in [0.4, 0.5) is 5.69 Å². The van der Waals surface area contributed by atoms with Gasteiger partial charge in [-0.3, -0.25) is 4.79 Å². The first-order chi connectivity index (χ1) is 11.0. The fraction of sp³-hybridized carbons (Fsp3) is 0.611. The number of nitrogens with one attached hydrogen (secondary N) is 2. The van der Waals surface area contributed by atoms with Crippen molar-refractivity contribution in [3.05, 3.63) is 28.8 Å². The van der Waals surface area contributed by atoms with Crippen LogP contribution < -0.4 is 10.6 Å². The first kappa shape index (κ1) is 16.6. The molecule has 4 nitrogen and oxygen atoms in total. The molecule has 1 aromatic carbocycles. The number of nitrogens with zero attached hydrogens (tertiary/aromatic N) is 1. The fourth-order valence-corrected chi connectivity index (χ4v) is 4.07. The van der Waals surface area contributed by atoms with E-state index in [1.165, 1.54) is 38.8 Å². The van der Waals surface area contributed by atoms with Gasteiger partial charge in [0.15, 0.2) is 0 Å². The number of amides is 1. The third kappa shape index (κ3) is 3.64. The largest absolute Gasteiger partial charge is 0.385 e. The second-order valence-electron chi connectivity index (χ2n) is 7.12. The van der Waals surface area contributed by atoms with Crippen LogP contribution in [0.5, 0.6) is 0 Å². The summed E-state index contributed by atoms with van der Waals surface area (Å²) in [5.74, 6) is 0.814. The molecule has 126 valence electrons. The van der Waals surface area contributed by atoms with E-state index in [0.717, 1.165) is 18.2 Å². The zero-order chi connectivity index (χ0) is 16.4. The van der Waals surface area contributed by atoms with Gasteiger partial charge in [-0.1, -0.05) is 11.6 Å². The second-order valence-corrected chi connectivity index (χ2v) is 7.53. The summed E-state index contributed by atoms with van der Waals surface area (Å²) in [6.45, 7) is 3.33. The Morgan fingerprint density at radius 3 is 2.78 bits per heavy atom. The summed E-state index contributed by atoms with van der Waals surface area (Å²) in [5.41, 5.74) is 2.19. The highest BCUT2D eigenvalue weighted by Crippen LogP contribution is 2.59. The molecule has 1 atom stereocenters. The van der Waals surface area contributed by atoms with Crippen molar-refractivity contribution in [1.82, 2.24) is 10.2 Å². The van der Waals surface area contributed by atoms with Crippen molar-refractivity contribution in [3.8, 4) is 0 Å². The first-order valence-electron chi connectivity index (χ1n) is 8.48. The zero-order valence-electron chi connectivity index (χ0n) is 14.0. The molecule has 1 aliphatic carbocycles. The molecule has 3 rings (SSSR count). The van der Waals surface area contributed by atoms with Crippen molar-refractivity contribution in [2.24, 2.45) is 11.3 Å². The molecule has 2 aliphatic rings. The van der Waals surface area contributed by atoms with Gasteiger partial charge < -0.3 is 15.5 Å². The molecule has 0 bridgehead atoms. The minimum absolute atomic E-state index is 0.0626. The molecule has 2 N–H and O–H groups in total. The summed E-state index contributed by atoms with van der Waals surface area (Å²) in [5, 5.41) is 7.41. The smallest absolute Gasteiger partial charge is 0.254 e. The number of halogens is 1. The maximum absolute atomic E-state index is 12.0. The Labute approximate surface area is 143 Å². The van der Waals surface area contributed by atoms with Gasteiger partial charge in [0.2, 0.25) is 0 Å². The predicted molar refractivity (Wildman–Crippen MR) is 95.2 cm³/mol. The van der Waals surface area contributed by atoms with Crippen LogP contribution >= 0.6 is 11.6 Å². The van der Waals surface area contributed by atoms with Crippen LogP contribution in [-0.4, -0.2) is 44.5 Å². The summed E-state index contributed by atoms with van der Waals surface area (Å²) in [4.78, 5) is 13.5. The van der Waals surface area contributed by atoms with Gasteiger partial charge in [0.25, 0.3) is 5.91 Å². The molecule has 5 heteroatoms. The van der Waals surface area contributed by atoms with E-state index in [4.69, 9.17) is 11.6 Å². The van der Waals surface area contributed by atoms with Crippen LogP contribution in [0.15, 0.2) is 18.2 Å². The van der Waals surface area contributed by atoms with Crippen LogP contribution in [-0.2, 0) is 0 Å². The van der Waals surface area contributed by atoms with Crippen LogP contribution in [0.1, 0.15) is 36.0 Å². The van der Waals surface area contributed by atoms with E-state index in [1.807, 2.05) is 12.1 Å². The lowest BCUT2D eigenvalue weighted by Gasteiger charge is -2.23. The van der Waals surface area contributed by atoms with Crippen LogP contribution in [0.2, 0.25) is 5.02 Å². The minimum atomic E-state index is -0.0626. The third-order valence-electron chi connectivity index (χ3n) is 5.39. The van der Waals surface area contributed by atoms with Gasteiger partial charge in [0.05, 0.1) is 10.6 Å². The van der Waals surface area contributed by atoms with E-state index in [9.17, 15) is 4.79 Å². The lowest BCUT2D eigenvalue weighted by Crippen LogP contribution is -2.29. The van der Waals surface area contributed by atoms with E-state index in [2.05, 4.69) is 10.6 Å². The van der Waals surface area contributed by atoms with Gasteiger partial charge in [-0.15, -0.1) is 0 Å². The molecule has 1 amide bonds. The van der Waals surface area contributed by atoms with Crippen molar-refractivity contribution in [2.45, 2.75) is 25.7 Å². The van der Waals surface area contributed by atoms with Gasteiger partial charge >= 0.3 is 0 Å². The molecule has 1 unspecified atom stereocenters. The quantitative estimate of drug-likeness (QED) is 0.868. The monoisotopic (exact) mass is 335 g/mol. The van der Waals surface area contributed by atoms with Gasteiger partial charge in [-0.2, -0.15) is 0 Å². The number of rotatable bonds is 5. The number of piperidine rings is 1. The van der Waals surface area contributed by atoms with E-state index in [0.29, 0.717) is 16.0 Å². The molecule has 0 radical (unpaired) electrons. The third-order valence-corrected chi connectivity index (χ3v) is 5.70. The number of carbonyl (C=O) groups excluding carboxylic acids is 1. The molecule has 1 heterocycles. The molecule has 0 aromatic heterocycles. The molecule has 1 aliphatic heterocycles. The van der Waals surface area contributed by atoms with Crippen LogP contribution in [0.25, 0.3) is 0 Å². The van der Waals surface area contributed by atoms with E-state index in [-0.39, 0.29) is 5.91 Å². The van der Waals surface area contributed by atoms with Crippen LogP contribution in [0.3, 0.4) is 0 Å². The predicted octanol–water partition coefficient (Wildman–Crippen LogP) is 3.23. The zero-order valence-corrected chi connectivity index (χ0v) is 14.7. The summed E-state index contributed by atoms with van der Waals surface area (Å²) in [6, 6.07) is 5.60. The Hall–Kier alpha value is -1.26. The van der Waals surface area contributed by atoms with Gasteiger partial charge in [-0.25, -0.2) is 0 Å². The highest BCUT2D eigenvalue weighted by atomic mass is 35.5. The Kier molecular flexibility index (Phi) is 4.83. The summed E-state index contributed by atoms with van der Waals surface area (Å²) in [6.07, 6.45) is 5.29. The van der Waals surface area contributed by atoms with Crippen molar-refractivity contribution in [1.29, 1.82) is 0 Å². The summed E-state index contributed by atoms with van der Waals surface area (Å²) >= 11 is 6.24. The van der Waals surface area contributed by atoms with E-state index >= 15 is 0 Å².